The van der Waals surface area contributed by atoms with Gasteiger partial charge in [-0.25, -0.2) is 0 Å². The number of hydrogen-bond acceptors (Lipinski definition) is 5. The molecule has 0 saturated carbocycles. The lowest BCUT2D eigenvalue weighted by atomic mass is 10.1. The summed E-state index contributed by atoms with van der Waals surface area (Å²) in [7, 11) is 1.59. The summed E-state index contributed by atoms with van der Waals surface area (Å²) in [4.78, 5) is 4.54. The van der Waals surface area contributed by atoms with Crippen molar-refractivity contribution in [3.63, 3.8) is 0 Å². The van der Waals surface area contributed by atoms with Crippen LogP contribution < -0.4 is 14.2 Å². The Morgan fingerprint density at radius 3 is 2.44 bits per heavy atom. The number of aromatic hydroxyl groups is 1. The molecule has 2 aromatic carbocycles. The molecule has 0 heterocycles. The lowest BCUT2D eigenvalue weighted by Crippen LogP contribution is -2.00. The van der Waals surface area contributed by atoms with Crippen molar-refractivity contribution in [3.8, 4) is 23.0 Å². The summed E-state index contributed by atoms with van der Waals surface area (Å²) >= 11 is 0. The topological polar surface area (TPSA) is 60.3 Å². The van der Waals surface area contributed by atoms with Gasteiger partial charge in [0.05, 0.1) is 26.4 Å². The van der Waals surface area contributed by atoms with E-state index in [9.17, 15) is 5.11 Å². The van der Waals surface area contributed by atoms with Gasteiger partial charge >= 0.3 is 0 Å². The third kappa shape index (κ3) is 4.89. The SMILES string of the molecule is CCOc1ccc([C@H](C)N=Cc2cc(OC)ccc2O)cc1OCC. The average Bonchev–Trinajstić information content (AvgIpc) is 2.62. The van der Waals surface area contributed by atoms with E-state index in [1.165, 1.54) is 0 Å². The molecule has 0 unspecified atom stereocenters. The molecule has 0 aliphatic rings. The first kappa shape index (κ1) is 18.6. The van der Waals surface area contributed by atoms with Crippen molar-refractivity contribution in [2.24, 2.45) is 4.99 Å². The van der Waals surface area contributed by atoms with Gasteiger partial charge in [-0.15, -0.1) is 0 Å². The van der Waals surface area contributed by atoms with Crippen LogP contribution in [0.4, 0.5) is 0 Å². The molecule has 25 heavy (non-hydrogen) atoms. The van der Waals surface area contributed by atoms with Crippen molar-refractivity contribution >= 4 is 6.21 Å². The molecule has 134 valence electrons. The van der Waals surface area contributed by atoms with E-state index in [2.05, 4.69) is 4.99 Å². The molecule has 5 nitrogen and oxygen atoms in total. The van der Waals surface area contributed by atoms with Crippen molar-refractivity contribution in [2.45, 2.75) is 26.8 Å². The standard InChI is InChI=1S/C20H25NO4/c1-5-24-19-10-7-15(12-20(19)25-6-2)14(3)21-13-16-11-17(23-4)8-9-18(16)22/h7-14,22H,5-6H2,1-4H3/t14-/m0/s1. The molecule has 1 N–H and O–H groups in total. The number of phenolic OH excluding ortho intramolecular Hbond substituents is 1. The summed E-state index contributed by atoms with van der Waals surface area (Å²) in [6.45, 7) is 7.02. The Labute approximate surface area is 148 Å². The first-order valence-electron chi connectivity index (χ1n) is 8.38. The molecule has 0 spiro atoms. The number of phenols is 1. The minimum Gasteiger partial charge on any atom is -0.507 e. The molecule has 2 aromatic rings. The van der Waals surface area contributed by atoms with Crippen molar-refractivity contribution in [2.75, 3.05) is 20.3 Å². The molecule has 0 amide bonds. The van der Waals surface area contributed by atoms with Crippen LogP contribution in [0.1, 0.15) is 37.9 Å². The van der Waals surface area contributed by atoms with Gasteiger partial charge in [-0.1, -0.05) is 6.07 Å². The number of hydrogen-bond donors (Lipinski definition) is 1. The van der Waals surface area contributed by atoms with Crippen LogP contribution >= 0.6 is 0 Å². The summed E-state index contributed by atoms with van der Waals surface area (Å²) in [5.74, 6) is 2.29. The summed E-state index contributed by atoms with van der Waals surface area (Å²) in [6.07, 6.45) is 1.65. The van der Waals surface area contributed by atoms with Crippen LogP contribution in [-0.4, -0.2) is 31.6 Å². The first-order chi connectivity index (χ1) is 12.1. The van der Waals surface area contributed by atoms with E-state index in [1.807, 2.05) is 39.0 Å². The zero-order valence-corrected chi connectivity index (χ0v) is 15.2. The highest BCUT2D eigenvalue weighted by Gasteiger charge is 2.10. The average molecular weight is 343 g/mol. The maximum absolute atomic E-state index is 9.94. The fourth-order valence-electron chi connectivity index (χ4n) is 2.37. The van der Waals surface area contributed by atoms with E-state index in [0.29, 0.717) is 30.3 Å². The Morgan fingerprint density at radius 1 is 1.04 bits per heavy atom. The molecule has 0 bridgehead atoms. The van der Waals surface area contributed by atoms with Crippen LogP contribution in [0.2, 0.25) is 0 Å². The number of ether oxygens (including phenoxy) is 3. The van der Waals surface area contributed by atoms with Gasteiger partial charge in [0, 0.05) is 11.8 Å². The molecule has 0 aliphatic carbocycles. The smallest absolute Gasteiger partial charge is 0.161 e. The number of nitrogens with zero attached hydrogens (tertiary/aromatic N) is 1. The van der Waals surface area contributed by atoms with E-state index in [-0.39, 0.29) is 11.8 Å². The minimum atomic E-state index is -0.0968. The third-order valence-electron chi connectivity index (χ3n) is 3.72. The van der Waals surface area contributed by atoms with E-state index in [4.69, 9.17) is 14.2 Å². The number of rotatable bonds is 8. The summed E-state index contributed by atoms with van der Waals surface area (Å²) in [5.41, 5.74) is 1.62. The zero-order valence-electron chi connectivity index (χ0n) is 15.2. The Morgan fingerprint density at radius 2 is 1.76 bits per heavy atom. The predicted octanol–water partition coefficient (Wildman–Crippen LogP) is 4.38. The molecule has 0 radical (unpaired) electrons. The maximum Gasteiger partial charge on any atom is 0.161 e. The normalized spacial score (nSPS) is 12.2. The Balaban J connectivity index is 2.22. The summed E-state index contributed by atoms with van der Waals surface area (Å²) < 4.78 is 16.4. The van der Waals surface area contributed by atoms with Crippen LogP contribution in [0, 0.1) is 0 Å². The van der Waals surface area contributed by atoms with Gasteiger partial charge in [0.2, 0.25) is 0 Å². The summed E-state index contributed by atoms with van der Waals surface area (Å²) in [5, 5.41) is 9.94. The molecule has 2 rings (SSSR count). The van der Waals surface area contributed by atoms with Gasteiger partial charge in [-0.3, -0.25) is 4.99 Å². The molecular formula is C20H25NO4. The second-order valence-electron chi connectivity index (χ2n) is 5.45. The van der Waals surface area contributed by atoms with Crippen molar-refractivity contribution < 1.29 is 19.3 Å². The van der Waals surface area contributed by atoms with Crippen molar-refractivity contribution in [1.29, 1.82) is 0 Å². The maximum atomic E-state index is 9.94. The van der Waals surface area contributed by atoms with Crippen molar-refractivity contribution in [3.05, 3.63) is 47.5 Å². The number of aliphatic imine (C=N–C) groups is 1. The molecule has 0 aromatic heterocycles. The number of methoxy groups -OCH3 is 1. The van der Waals surface area contributed by atoms with Crippen molar-refractivity contribution in [1.82, 2.24) is 0 Å². The van der Waals surface area contributed by atoms with Gasteiger partial charge in [0.15, 0.2) is 11.5 Å². The van der Waals surface area contributed by atoms with E-state index >= 15 is 0 Å². The van der Waals surface area contributed by atoms with Crippen LogP contribution in [0.3, 0.4) is 0 Å². The predicted molar refractivity (Wildman–Crippen MR) is 99.4 cm³/mol. The van der Waals surface area contributed by atoms with E-state index in [1.54, 1.807) is 31.5 Å². The fraction of sp³-hybridized carbons (Fsp3) is 0.350. The highest BCUT2D eigenvalue weighted by atomic mass is 16.5. The second-order valence-corrected chi connectivity index (χ2v) is 5.45. The Hall–Kier alpha value is -2.69. The zero-order chi connectivity index (χ0) is 18.2. The fourth-order valence-corrected chi connectivity index (χ4v) is 2.37. The summed E-state index contributed by atoms with van der Waals surface area (Å²) in [6, 6.07) is 10.8. The van der Waals surface area contributed by atoms with Crippen LogP contribution in [0.25, 0.3) is 0 Å². The van der Waals surface area contributed by atoms with Crippen LogP contribution in [-0.2, 0) is 0 Å². The van der Waals surface area contributed by atoms with Gasteiger partial charge in [-0.05, 0) is 56.7 Å². The minimum absolute atomic E-state index is 0.0968. The quantitative estimate of drug-likeness (QED) is 0.723. The molecule has 5 heteroatoms. The molecule has 1 atom stereocenters. The lowest BCUT2D eigenvalue weighted by molar-refractivity contribution is 0.287. The largest absolute Gasteiger partial charge is 0.507 e. The number of benzene rings is 2. The van der Waals surface area contributed by atoms with Crippen LogP contribution in [0.5, 0.6) is 23.0 Å². The highest BCUT2D eigenvalue weighted by Crippen LogP contribution is 2.32. The molecular weight excluding hydrogens is 318 g/mol. The van der Waals surface area contributed by atoms with Gasteiger partial charge in [0.1, 0.15) is 11.5 Å². The molecule has 0 fully saturated rings. The van der Waals surface area contributed by atoms with E-state index < -0.39 is 0 Å². The third-order valence-corrected chi connectivity index (χ3v) is 3.72. The van der Waals surface area contributed by atoms with Gasteiger partial charge in [-0.2, -0.15) is 0 Å². The monoisotopic (exact) mass is 343 g/mol. The van der Waals surface area contributed by atoms with E-state index in [0.717, 1.165) is 11.3 Å². The Bertz CT molecular complexity index is 728. The second kappa shape index (κ2) is 8.97. The Kier molecular flexibility index (Phi) is 6.69. The van der Waals surface area contributed by atoms with Gasteiger partial charge in [0.25, 0.3) is 0 Å². The van der Waals surface area contributed by atoms with Gasteiger partial charge < -0.3 is 19.3 Å². The highest BCUT2D eigenvalue weighted by molar-refractivity contribution is 5.84. The first-order valence-corrected chi connectivity index (χ1v) is 8.38. The molecule has 0 saturated heterocycles. The molecule has 0 aliphatic heterocycles. The van der Waals surface area contributed by atoms with Crippen LogP contribution in [0.15, 0.2) is 41.4 Å². The lowest BCUT2D eigenvalue weighted by Gasteiger charge is -2.14.